The highest BCUT2D eigenvalue weighted by Gasteiger charge is 2.36. The molecule has 0 unspecified atom stereocenters. The third kappa shape index (κ3) is 2.93. The molecule has 0 saturated carbocycles. The van der Waals surface area contributed by atoms with Crippen molar-refractivity contribution in [1.29, 1.82) is 0 Å². The maximum Gasteiger partial charge on any atom is 0.251 e. The minimum atomic E-state index is -0.0130. The fraction of sp³-hybridized carbons (Fsp3) is 0.579. The third-order valence-corrected chi connectivity index (χ3v) is 5.67. The Kier molecular flexibility index (Phi) is 4.27. The normalized spacial score (nSPS) is 27.3. The molecule has 1 N–H and O–H groups in total. The molecule has 2 amide bonds. The Morgan fingerprint density at radius 2 is 2.00 bits per heavy atom. The van der Waals surface area contributed by atoms with Gasteiger partial charge in [-0.05, 0) is 50.4 Å². The minimum absolute atomic E-state index is 0.0130. The Hall–Kier alpha value is -1.88. The van der Waals surface area contributed by atoms with Crippen LogP contribution in [0.1, 0.15) is 48.9 Å². The smallest absolute Gasteiger partial charge is 0.251 e. The van der Waals surface area contributed by atoms with Crippen LogP contribution in [-0.2, 0) is 4.79 Å². The van der Waals surface area contributed by atoms with Gasteiger partial charge in [0, 0.05) is 42.8 Å². The standard InChI is InChI=1S/C19H25N3O2/c23-18-8-4-11-22(18)15-6-3-5-14(13-15)19(24)20-16-9-12-21-10-2-1-7-17(16)21/h3,5-6,13,16-17H,1-2,4,7-12H2,(H,20,24)/t16-,17-/m1/s1. The summed E-state index contributed by atoms with van der Waals surface area (Å²) in [7, 11) is 0. The average molecular weight is 327 g/mol. The fourth-order valence-corrected chi connectivity index (χ4v) is 4.40. The number of anilines is 1. The lowest BCUT2D eigenvalue weighted by molar-refractivity contribution is -0.117. The number of piperidine rings is 1. The highest BCUT2D eigenvalue weighted by Crippen LogP contribution is 2.28. The van der Waals surface area contributed by atoms with Crippen LogP contribution in [0.25, 0.3) is 0 Å². The highest BCUT2D eigenvalue weighted by atomic mass is 16.2. The summed E-state index contributed by atoms with van der Waals surface area (Å²) in [5, 5.41) is 3.24. The second-order valence-electron chi connectivity index (χ2n) is 7.17. The molecule has 5 heteroatoms. The zero-order chi connectivity index (χ0) is 16.5. The second kappa shape index (κ2) is 6.55. The van der Waals surface area contributed by atoms with Gasteiger partial charge in [-0.2, -0.15) is 0 Å². The summed E-state index contributed by atoms with van der Waals surface area (Å²) in [6.07, 6.45) is 6.28. The van der Waals surface area contributed by atoms with Gasteiger partial charge >= 0.3 is 0 Å². The SMILES string of the molecule is O=C(N[C@@H]1CCN2CCCC[C@H]12)c1cccc(N2CCCC2=O)c1. The number of hydrogen-bond donors (Lipinski definition) is 1. The lowest BCUT2D eigenvalue weighted by atomic mass is 9.98. The number of benzene rings is 1. The van der Waals surface area contributed by atoms with Crippen molar-refractivity contribution >= 4 is 17.5 Å². The number of fused-ring (bicyclic) bond motifs is 1. The number of hydrogen-bond acceptors (Lipinski definition) is 3. The molecule has 0 aromatic heterocycles. The molecule has 0 spiro atoms. The topological polar surface area (TPSA) is 52.7 Å². The van der Waals surface area contributed by atoms with Gasteiger partial charge in [0.25, 0.3) is 5.91 Å². The van der Waals surface area contributed by atoms with Gasteiger partial charge in [-0.3, -0.25) is 14.5 Å². The molecular formula is C19H25N3O2. The van der Waals surface area contributed by atoms with Gasteiger partial charge in [-0.15, -0.1) is 0 Å². The van der Waals surface area contributed by atoms with Crippen LogP contribution in [-0.4, -0.2) is 48.4 Å². The monoisotopic (exact) mass is 327 g/mol. The van der Waals surface area contributed by atoms with Gasteiger partial charge in [0.05, 0.1) is 0 Å². The molecule has 3 saturated heterocycles. The lowest BCUT2D eigenvalue weighted by Crippen LogP contribution is -2.46. The maximum absolute atomic E-state index is 12.7. The van der Waals surface area contributed by atoms with Crippen LogP contribution >= 0.6 is 0 Å². The number of nitrogens with zero attached hydrogens (tertiary/aromatic N) is 2. The average Bonchev–Trinajstić information content (AvgIpc) is 3.22. The van der Waals surface area contributed by atoms with E-state index < -0.39 is 0 Å². The summed E-state index contributed by atoms with van der Waals surface area (Å²) in [6, 6.07) is 8.25. The highest BCUT2D eigenvalue weighted by molar-refractivity contribution is 5.99. The Balaban J connectivity index is 1.46. The van der Waals surface area contributed by atoms with Crippen LogP contribution in [0.5, 0.6) is 0 Å². The fourth-order valence-electron chi connectivity index (χ4n) is 4.40. The third-order valence-electron chi connectivity index (χ3n) is 5.67. The minimum Gasteiger partial charge on any atom is -0.348 e. The van der Waals surface area contributed by atoms with Gasteiger partial charge in [0.1, 0.15) is 0 Å². The second-order valence-corrected chi connectivity index (χ2v) is 7.17. The Labute approximate surface area is 143 Å². The van der Waals surface area contributed by atoms with Crippen molar-refractivity contribution in [3.63, 3.8) is 0 Å². The predicted octanol–water partition coefficient (Wildman–Crippen LogP) is 2.17. The maximum atomic E-state index is 12.7. The molecule has 24 heavy (non-hydrogen) atoms. The van der Waals surface area contributed by atoms with Crippen molar-refractivity contribution in [3.05, 3.63) is 29.8 Å². The van der Waals surface area contributed by atoms with Crippen LogP contribution in [0.4, 0.5) is 5.69 Å². The Morgan fingerprint density at radius 1 is 1.08 bits per heavy atom. The summed E-state index contributed by atoms with van der Waals surface area (Å²) in [5.41, 5.74) is 1.50. The molecule has 128 valence electrons. The quantitative estimate of drug-likeness (QED) is 0.926. The summed E-state index contributed by atoms with van der Waals surface area (Å²) in [5.74, 6) is 0.141. The van der Waals surface area contributed by atoms with Crippen LogP contribution < -0.4 is 10.2 Å². The molecule has 1 aromatic rings. The van der Waals surface area contributed by atoms with Crippen LogP contribution in [0, 0.1) is 0 Å². The number of carbonyl (C=O) groups is 2. The van der Waals surface area contributed by atoms with Crippen LogP contribution in [0.3, 0.4) is 0 Å². The first kappa shape index (κ1) is 15.6. The lowest BCUT2D eigenvalue weighted by Gasteiger charge is -2.32. The van der Waals surface area contributed by atoms with Gasteiger partial charge < -0.3 is 10.2 Å². The summed E-state index contributed by atoms with van der Waals surface area (Å²) >= 11 is 0. The molecule has 0 radical (unpaired) electrons. The van der Waals surface area contributed by atoms with E-state index in [9.17, 15) is 9.59 Å². The van der Waals surface area contributed by atoms with Crippen molar-refractivity contribution in [2.24, 2.45) is 0 Å². The van der Waals surface area contributed by atoms with Crippen LogP contribution in [0.15, 0.2) is 24.3 Å². The van der Waals surface area contributed by atoms with Crippen molar-refractivity contribution in [2.75, 3.05) is 24.5 Å². The largest absolute Gasteiger partial charge is 0.348 e. The zero-order valence-corrected chi connectivity index (χ0v) is 14.0. The van der Waals surface area contributed by atoms with E-state index in [0.717, 1.165) is 31.6 Å². The molecule has 0 aliphatic carbocycles. The first-order valence-corrected chi connectivity index (χ1v) is 9.18. The van der Waals surface area contributed by atoms with E-state index >= 15 is 0 Å². The van der Waals surface area contributed by atoms with Crippen molar-refractivity contribution in [1.82, 2.24) is 10.2 Å². The van der Waals surface area contributed by atoms with E-state index in [2.05, 4.69) is 10.2 Å². The Bertz CT molecular complexity index is 645. The number of nitrogens with one attached hydrogen (secondary N) is 1. The van der Waals surface area contributed by atoms with E-state index in [4.69, 9.17) is 0 Å². The zero-order valence-electron chi connectivity index (χ0n) is 14.0. The number of rotatable bonds is 3. The van der Waals surface area contributed by atoms with Gasteiger partial charge in [-0.1, -0.05) is 12.5 Å². The van der Waals surface area contributed by atoms with Gasteiger partial charge in [0.2, 0.25) is 5.91 Å². The van der Waals surface area contributed by atoms with E-state index in [1.54, 1.807) is 4.90 Å². The van der Waals surface area contributed by atoms with E-state index in [1.165, 1.54) is 25.8 Å². The first-order valence-electron chi connectivity index (χ1n) is 9.18. The van der Waals surface area contributed by atoms with E-state index in [0.29, 0.717) is 18.0 Å². The molecule has 5 nitrogen and oxygen atoms in total. The van der Waals surface area contributed by atoms with Crippen molar-refractivity contribution in [2.45, 2.75) is 50.6 Å². The molecule has 3 heterocycles. The van der Waals surface area contributed by atoms with Crippen molar-refractivity contribution in [3.8, 4) is 0 Å². The number of carbonyl (C=O) groups excluding carboxylic acids is 2. The van der Waals surface area contributed by atoms with Gasteiger partial charge in [-0.25, -0.2) is 0 Å². The molecule has 3 fully saturated rings. The molecular weight excluding hydrogens is 302 g/mol. The van der Waals surface area contributed by atoms with Crippen molar-refractivity contribution < 1.29 is 9.59 Å². The number of amides is 2. The predicted molar refractivity (Wildman–Crippen MR) is 93.1 cm³/mol. The summed E-state index contributed by atoms with van der Waals surface area (Å²) in [4.78, 5) is 28.9. The molecule has 4 rings (SSSR count). The molecule has 3 aliphatic heterocycles. The molecule has 2 atom stereocenters. The molecule has 1 aromatic carbocycles. The van der Waals surface area contributed by atoms with E-state index in [-0.39, 0.29) is 17.9 Å². The van der Waals surface area contributed by atoms with E-state index in [1.807, 2.05) is 24.3 Å². The summed E-state index contributed by atoms with van der Waals surface area (Å²) < 4.78 is 0. The Morgan fingerprint density at radius 3 is 2.83 bits per heavy atom. The molecule has 3 aliphatic rings. The molecule has 0 bridgehead atoms. The van der Waals surface area contributed by atoms with Gasteiger partial charge in [0.15, 0.2) is 0 Å². The summed E-state index contributed by atoms with van der Waals surface area (Å²) in [6.45, 7) is 3.02. The first-order chi connectivity index (χ1) is 11.7. The van der Waals surface area contributed by atoms with Crippen LogP contribution in [0.2, 0.25) is 0 Å².